The summed E-state index contributed by atoms with van der Waals surface area (Å²) in [5.74, 6) is -0.733. The molecule has 1 amide bonds. The summed E-state index contributed by atoms with van der Waals surface area (Å²) >= 11 is 0. The van der Waals surface area contributed by atoms with Crippen molar-refractivity contribution in [2.75, 3.05) is 26.2 Å². The molecule has 3 aromatic carbocycles. The van der Waals surface area contributed by atoms with Crippen molar-refractivity contribution in [2.24, 2.45) is 4.99 Å². The van der Waals surface area contributed by atoms with E-state index < -0.39 is 28.9 Å². The second kappa shape index (κ2) is 13.0. The van der Waals surface area contributed by atoms with E-state index >= 15 is 0 Å². The Balaban J connectivity index is 1.19. The second-order valence-electron chi connectivity index (χ2n) is 11.5. The second-order valence-corrected chi connectivity index (χ2v) is 11.5. The molecular formula is C36H31F5N4O. The lowest BCUT2D eigenvalue weighted by Crippen LogP contribution is -2.42. The smallest absolute Gasteiger partial charge is 0.300 e. The van der Waals surface area contributed by atoms with Crippen molar-refractivity contribution in [3.8, 4) is 0 Å². The van der Waals surface area contributed by atoms with Gasteiger partial charge in [-0.1, -0.05) is 54.6 Å². The van der Waals surface area contributed by atoms with Crippen LogP contribution in [0.4, 0.5) is 22.0 Å². The molecule has 0 atom stereocenters. The Bertz CT molecular complexity index is 1670. The van der Waals surface area contributed by atoms with Gasteiger partial charge in [-0.15, -0.1) is 0 Å². The molecule has 1 fully saturated rings. The molecule has 236 valence electrons. The van der Waals surface area contributed by atoms with Crippen molar-refractivity contribution in [3.05, 3.63) is 149 Å². The number of piperidine rings is 1. The quantitative estimate of drug-likeness (QED) is 0.151. The molecule has 0 unspecified atom stereocenters. The lowest BCUT2D eigenvalue weighted by molar-refractivity contribution is -0.137. The Kier molecular flexibility index (Phi) is 8.82. The largest absolute Gasteiger partial charge is 0.416 e. The Morgan fingerprint density at radius 1 is 0.783 bits per heavy atom. The summed E-state index contributed by atoms with van der Waals surface area (Å²) in [6, 6.07) is 21.9. The molecule has 10 heteroatoms. The molecule has 0 radical (unpaired) electrons. The fourth-order valence-corrected chi connectivity index (χ4v) is 6.14. The number of amidine groups is 1. The highest BCUT2D eigenvalue weighted by Crippen LogP contribution is 2.41. The molecule has 0 saturated carbocycles. The summed E-state index contributed by atoms with van der Waals surface area (Å²) in [5, 5.41) is 0. The third kappa shape index (κ3) is 6.35. The van der Waals surface area contributed by atoms with Crippen molar-refractivity contribution < 1.29 is 26.7 Å². The zero-order valence-corrected chi connectivity index (χ0v) is 24.8. The standard InChI is InChI=1S/C36H31F5N4O/c37-30-14-10-27(11-15-30)35(28-12-16-31(38)17-13-28)34(46)45(33(43-35)32-5-1-2-20-42-32)22-4-3-21-44-23-18-26(19-24-44)25-6-8-29(9-7-25)36(39,40)41/h1-17,20,26H,18-19,21-24H2/b4-3+. The maximum absolute atomic E-state index is 14.4. The lowest BCUT2D eigenvalue weighted by atomic mass is 9.83. The van der Waals surface area contributed by atoms with Crippen molar-refractivity contribution in [1.29, 1.82) is 0 Å². The minimum Gasteiger partial charge on any atom is -0.300 e. The van der Waals surface area contributed by atoms with Crippen LogP contribution in [0.25, 0.3) is 0 Å². The van der Waals surface area contributed by atoms with E-state index in [9.17, 15) is 26.7 Å². The van der Waals surface area contributed by atoms with Gasteiger partial charge in [0.05, 0.1) is 5.56 Å². The molecule has 1 saturated heterocycles. The average Bonchev–Trinajstić information content (AvgIpc) is 3.36. The van der Waals surface area contributed by atoms with Crippen LogP contribution in [0, 0.1) is 11.6 Å². The molecule has 0 aliphatic carbocycles. The molecule has 1 aromatic heterocycles. The highest BCUT2D eigenvalue weighted by molar-refractivity contribution is 6.16. The molecule has 46 heavy (non-hydrogen) atoms. The molecule has 0 bridgehead atoms. The van der Waals surface area contributed by atoms with Gasteiger partial charge in [0, 0.05) is 19.3 Å². The van der Waals surface area contributed by atoms with Crippen LogP contribution in [0.2, 0.25) is 0 Å². The number of carbonyl (C=O) groups is 1. The van der Waals surface area contributed by atoms with Crippen molar-refractivity contribution in [2.45, 2.75) is 30.5 Å². The summed E-state index contributed by atoms with van der Waals surface area (Å²) < 4.78 is 66.7. The van der Waals surface area contributed by atoms with Gasteiger partial charge in [-0.05, 0) is 97.1 Å². The SMILES string of the molecule is O=C1N(C/C=C/CN2CCC(c3ccc(C(F)(F)F)cc3)CC2)C(c2ccccn2)=NC1(c1ccc(F)cc1)c1ccc(F)cc1. The van der Waals surface area contributed by atoms with E-state index in [1.807, 2.05) is 12.2 Å². The number of hydrogen-bond donors (Lipinski definition) is 0. The van der Waals surface area contributed by atoms with E-state index in [0.29, 0.717) is 29.2 Å². The zero-order valence-electron chi connectivity index (χ0n) is 24.8. The molecule has 2 aliphatic rings. The first-order valence-corrected chi connectivity index (χ1v) is 15.0. The number of aromatic nitrogens is 1. The summed E-state index contributed by atoms with van der Waals surface area (Å²) in [6.07, 6.45) is 2.81. The third-order valence-corrected chi connectivity index (χ3v) is 8.62. The number of alkyl halides is 3. The number of amides is 1. The van der Waals surface area contributed by atoms with E-state index in [0.717, 1.165) is 43.6 Å². The van der Waals surface area contributed by atoms with Crippen LogP contribution in [0.3, 0.4) is 0 Å². The number of nitrogens with zero attached hydrogens (tertiary/aromatic N) is 4. The first-order chi connectivity index (χ1) is 22.1. The third-order valence-electron chi connectivity index (χ3n) is 8.62. The predicted octanol–water partition coefficient (Wildman–Crippen LogP) is 7.35. The molecule has 0 spiro atoms. The number of halogens is 5. The number of benzene rings is 3. The molecule has 3 heterocycles. The van der Waals surface area contributed by atoms with Crippen molar-refractivity contribution >= 4 is 11.7 Å². The number of hydrogen-bond acceptors (Lipinski definition) is 4. The van der Waals surface area contributed by atoms with E-state index in [1.54, 1.807) is 41.4 Å². The van der Waals surface area contributed by atoms with Gasteiger partial charge in [-0.25, -0.2) is 13.8 Å². The maximum Gasteiger partial charge on any atom is 0.416 e. The minimum atomic E-state index is -4.35. The van der Waals surface area contributed by atoms with Crippen LogP contribution in [0.5, 0.6) is 0 Å². The predicted molar refractivity (Wildman–Crippen MR) is 165 cm³/mol. The maximum atomic E-state index is 14.4. The molecule has 4 aromatic rings. The van der Waals surface area contributed by atoms with E-state index in [1.165, 1.54) is 48.5 Å². The fraction of sp³-hybridized carbons (Fsp3) is 0.250. The van der Waals surface area contributed by atoms with Crippen LogP contribution in [-0.4, -0.2) is 52.7 Å². The van der Waals surface area contributed by atoms with Crippen LogP contribution in [-0.2, 0) is 16.5 Å². The molecule has 0 N–H and O–H groups in total. The number of aliphatic imine (C=N–C) groups is 1. The Labute approximate surface area is 263 Å². The van der Waals surface area contributed by atoms with Gasteiger partial charge in [-0.2, -0.15) is 13.2 Å². The Hall–Kier alpha value is -4.70. The Morgan fingerprint density at radius 2 is 1.37 bits per heavy atom. The highest BCUT2D eigenvalue weighted by Gasteiger charge is 2.51. The first kappa shape index (κ1) is 31.3. The van der Waals surface area contributed by atoms with Crippen LogP contribution in [0.1, 0.15) is 46.7 Å². The summed E-state index contributed by atoms with van der Waals surface area (Å²) in [4.78, 5) is 27.6. The minimum absolute atomic E-state index is 0.195. The number of likely N-dealkylation sites (tertiary alicyclic amines) is 1. The summed E-state index contributed by atoms with van der Waals surface area (Å²) in [7, 11) is 0. The van der Waals surface area contributed by atoms with Gasteiger partial charge in [0.15, 0.2) is 11.4 Å². The van der Waals surface area contributed by atoms with E-state index in [2.05, 4.69) is 9.88 Å². The highest BCUT2D eigenvalue weighted by atomic mass is 19.4. The van der Waals surface area contributed by atoms with Gasteiger partial charge >= 0.3 is 6.18 Å². The number of carbonyl (C=O) groups excluding carboxylic acids is 1. The van der Waals surface area contributed by atoms with Gasteiger partial charge in [0.25, 0.3) is 5.91 Å². The number of rotatable bonds is 8. The lowest BCUT2D eigenvalue weighted by Gasteiger charge is -2.31. The van der Waals surface area contributed by atoms with Gasteiger partial charge < -0.3 is 0 Å². The van der Waals surface area contributed by atoms with Gasteiger partial charge in [0.1, 0.15) is 17.3 Å². The molecule has 5 nitrogen and oxygen atoms in total. The zero-order chi connectivity index (χ0) is 32.3. The molecular weight excluding hydrogens is 599 g/mol. The summed E-state index contributed by atoms with van der Waals surface area (Å²) in [6.45, 7) is 2.41. The fourth-order valence-electron chi connectivity index (χ4n) is 6.14. The van der Waals surface area contributed by atoms with E-state index in [4.69, 9.17) is 4.99 Å². The average molecular weight is 631 g/mol. The summed E-state index contributed by atoms with van der Waals surface area (Å²) in [5.41, 5.74) is 0.0906. The monoisotopic (exact) mass is 630 g/mol. The number of pyridine rings is 1. The van der Waals surface area contributed by atoms with Crippen LogP contribution < -0.4 is 0 Å². The Morgan fingerprint density at radius 3 is 1.91 bits per heavy atom. The van der Waals surface area contributed by atoms with E-state index in [-0.39, 0.29) is 18.4 Å². The van der Waals surface area contributed by atoms with Crippen LogP contribution in [0.15, 0.2) is 114 Å². The van der Waals surface area contributed by atoms with Crippen molar-refractivity contribution in [1.82, 2.24) is 14.8 Å². The first-order valence-electron chi connectivity index (χ1n) is 15.0. The van der Waals surface area contributed by atoms with Gasteiger partial charge in [0.2, 0.25) is 0 Å². The molecule has 6 rings (SSSR count). The van der Waals surface area contributed by atoms with Gasteiger partial charge in [-0.3, -0.25) is 19.6 Å². The topological polar surface area (TPSA) is 48.8 Å². The molecule has 2 aliphatic heterocycles. The van der Waals surface area contributed by atoms with Crippen molar-refractivity contribution in [3.63, 3.8) is 0 Å². The van der Waals surface area contributed by atoms with Crippen LogP contribution >= 0.6 is 0 Å². The normalized spacial score (nSPS) is 17.5.